The van der Waals surface area contributed by atoms with Crippen LogP contribution in [0.5, 0.6) is 0 Å². The fourth-order valence-corrected chi connectivity index (χ4v) is 1.83. The molecule has 0 aliphatic rings. The van der Waals surface area contributed by atoms with Gasteiger partial charge in [0.25, 0.3) is 0 Å². The van der Waals surface area contributed by atoms with E-state index in [2.05, 4.69) is 25.8 Å². The molecule has 0 spiro atoms. The van der Waals surface area contributed by atoms with Gasteiger partial charge in [-0.15, -0.1) is 0 Å². The van der Waals surface area contributed by atoms with Crippen LogP contribution < -0.4 is 4.90 Å². The topological polar surface area (TPSA) is 20.3 Å². The first-order valence-electron chi connectivity index (χ1n) is 5.31. The molecule has 0 radical (unpaired) electrons. The Bertz CT molecular complexity index is 344. The predicted octanol–water partition coefficient (Wildman–Crippen LogP) is 2.90. The number of benzene rings is 1. The second-order valence-electron chi connectivity index (χ2n) is 4.44. The molecule has 0 aliphatic carbocycles. The zero-order valence-corrected chi connectivity index (χ0v) is 9.95. The van der Waals surface area contributed by atoms with Crippen LogP contribution in [0.4, 0.5) is 5.69 Å². The van der Waals surface area contributed by atoms with Gasteiger partial charge in [-0.25, -0.2) is 0 Å². The average Bonchev–Trinajstić information content (AvgIpc) is 2.16. The molecule has 0 saturated heterocycles. The number of hydrogen-bond donors (Lipinski definition) is 0. The fourth-order valence-electron chi connectivity index (χ4n) is 1.83. The molecule has 0 aromatic heterocycles. The van der Waals surface area contributed by atoms with Crippen molar-refractivity contribution < 1.29 is 4.79 Å². The molecule has 0 aliphatic heterocycles. The van der Waals surface area contributed by atoms with Crippen molar-refractivity contribution in [1.29, 1.82) is 0 Å². The number of anilines is 1. The van der Waals surface area contributed by atoms with E-state index in [4.69, 9.17) is 0 Å². The van der Waals surface area contributed by atoms with Crippen LogP contribution in [0.2, 0.25) is 0 Å². The van der Waals surface area contributed by atoms with Crippen LogP contribution in [0.1, 0.15) is 29.8 Å². The van der Waals surface area contributed by atoms with Crippen LogP contribution in [0.15, 0.2) is 18.2 Å². The minimum Gasteiger partial charge on any atom is -0.374 e. The van der Waals surface area contributed by atoms with E-state index in [1.165, 1.54) is 5.69 Å². The largest absolute Gasteiger partial charge is 0.374 e. The van der Waals surface area contributed by atoms with Crippen molar-refractivity contribution in [3.05, 3.63) is 29.3 Å². The van der Waals surface area contributed by atoms with E-state index in [1.807, 2.05) is 25.1 Å². The smallest absolute Gasteiger partial charge is 0.150 e. The molecule has 2 nitrogen and oxygen atoms in total. The van der Waals surface area contributed by atoms with E-state index < -0.39 is 0 Å². The summed E-state index contributed by atoms with van der Waals surface area (Å²) in [5.41, 5.74) is 3.10. The van der Waals surface area contributed by atoms with Crippen molar-refractivity contribution in [2.45, 2.75) is 20.8 Å². The molecule has 2 heteroatoms. The highest BCUT2D eigenvalue weighted by Crippen LogP contribution is 2.20. The van der Waals surface area contributed by atoms with Crippen LogP contribution in [0.25, 0.3) is 0 Å². The number of aldehydes is 1. The third-order valence-corrected chi connectivity index (χ3v) is 2.41. The highest BCUT2D eigenvalue weighted by atomic mass is 16.1. The lowest BCUT2D eigenvalue weighted by atomic mass is 10.1. The van der Waals surface area contributed by atoms with E-state index in [1.54, 1.807) is 0 Å². The Morgan fingerprint density at radius 3 is 2.53 bits per heavy atom. The molecule has 0 atom stereocenters. The molecule has 15 heavy (non-hydrogen) atoms. The molecule has 0 N–H and O–H groups in total. The van der Waals surface area contributed by atoms with E-state index in [0.29, 0.717) is 5.92 Å². The molecule has 0 bridgehead atoms. The number of aryl methyl sites for hydroxylation is 1. The van der Waals surface area contributed by atoms with Crippen LogP contribution >= 0.6 is 0 Å². The van der Waals surface area contributed by atoms with Crippen molar-refractivity contribution >= 4 is 12.0 Å². The maximum atomic E-state index is 10.6. The summed E-state index contributed by atoms with van der Waals surface area (Å²) < 4.78 is 0. The lowest BCUT2D eigenvalue weighted by Crippen LogP contribution is -2.23. The van der Waals surface area contributed by atoms with Gasteiger partial charge in [0.2, 0.25) is 0 Å². The summed E-state index contributed by atoms with van der Waals surface area (Å²) in [4.78, 5) is 12.8. The van der Waals surface area contributed by atoms with Crippen LogP contribution in [-0.4, -0.2) is 19.9 Å². The molecule has 0 amide bonds. The molecule has 1 rings (SSSR count). The first kappa shape index (κ1) is 11.8. The summed E-state index contributed by atoms with van der Waals surface area (Å²) in [6.45, 7) is 7.47. The van der Waals surface area contributed by atoms with Gasteiger partial charge >= 0.3 is 0 Å². The van der Waals surface area contributed by atoms with E-state index in [9.17, 15) is 4.79 Å². The quantitative estimate of drug-likeness (QED) is 0.704. The molecular formula is C13H19NO. The highest BCUT2D eigenvalue weighted by Gasteiger charge is 2.06. The van der Waals surface area contributed by atoms with Crippen LogP contribution in [-0.2, 0) is 0 Å². The van der Waals surface area contributed by atoms with Gasteiger partial charge in [-0.05, 0) is 36.6 Å². The number of carbonyl (C=O) groups is 1. The first-order valence-corrected chi connectivity index (χ1v) is 5.31. The Hall–Kier alpha value is -1.31. The molecule has 82 valence electrons. The zero-order chi connectivity index (χ0) is 11.4. The monoisotopic (exact) mass is 205 g/mol. The van der Waals surface area contributed by atoms with Crippen LogP contribution in [0, 0.1) is 12.8 Å². The predicted molar refractivity (Wildman–Crippen MR) is 64.7 cm³/mol. The average molecular weight is 205 g/mol. The first-order chi connectivity index (χ1) is 7.04. The Labute approximate surface area is 91.9 Å². The molecule has 0 saturated carbocycles. The molecule has 0 heterocycles. The summed E-state index contributed by atoms with van der Waals surface area (Å²) in [5.74, 6) is 0.639. The van der Waals surface area contributed by atoms with Gasteiger partial charge in [0.1, 0.15) is 6.29 Å². The second kappa shape index (κ2) is 4.96. The van der Waals surface area contributed by atoms with Gasteiger partial charge in [-0.1, -0.05) is 13.8 Å². The summed E-state index contributed by atoms with van der Waals surface area (Å²) in [5, 5.41) is 0. The third-order valence-electron chi connectivity index (χ3n) is 2.41. The maximum absolute atomic E-state index is 10.6. The van der Waals surface area contributed by atoms with Gasteiger partial charge in [-0.3, -0.25) is 4.79 Å². The lowest BCUT2D eigenvalue weighted by molar-refractivity contribution is 0.112. The van der Waals surface area contributed by atoms with Crippen molar-refractivity contribution in [1.82, 2.24) is 0 Å². The maximum Gasteiger partial charge on any atom is 0.150 e. The van der Waals surface area contributed by atoms with Gasteiger partial charge in [-0.2, -0.15) is 0 Å². The highest BCUT2D eigenvalue weighted by molar-refractivity contribution is 5.76. The SMILES string of the molecule is Cc1cc(C=O)ccc1N(C)CC(C)C. The van der Waals surface area contributed by atoms with Gasteiger partial charge < -0.3 is 4.90 Å². The molecule has 1 aromatic carbocycles. The zero-order valence-electron chi connectivity index (χ0n) is 9.95. The minimum atomic E-state index is 0.639. The third kappa shape index (κ3) is 3.08. The Balaban J connectivity index is 2.90. The van der Waals surface area contributed by atoms with Gasteiger partial charge in [0, 0.05) is 24.8 Å². The van der Waals surface area contributed by atoms with Crippen molar-refractivity contribution in [2.24, 2.45) is 5.92 Å². The Morgan fingerprint density at radius 1 is 1.40 bits per heavy atom. The standard InChI is InChI=1S/C13H19NO/c1-10(2)8-14(4)13-6-5-12(9-15)7-11(13)3/h5-7,9-10H,8H2,1-4H3. The fraction of sp³-hybridized carbons (Fsp3) is 0.462. The number of rotatable bonds is 4. The van der Waals surface area contributed by atoms with Gasteiger partial charge in [0.15, 0.2) is 0 Å². The molecule has 0 unspecified atom stereocenters. The number of nitrogens with zero attached hydrogens (tertiary/aromatic N) is 1. The second-order valence-corrected chi connectivity index (χ2v) is 4.44. The Morgan fingerprint density at radius 2 is 2.07 bits per heavy atom. The van der Waals surface area contributed by atoms with E-state index in [0.717, 1.165) is 24.0 Å². The summed E-state index contributed by atoms with van der Waals surface area (Å²) in [6.07, 6.45) is 0.888. The van der Waals surface area contributed by atoms with Crippen molar-refractivity contribution in [2.75, 3.05) is 18.5 Å². The molecular weight excluding hydrogens is 186 g/mol. The molecule has 1 aromatic rings. The Kier molecular flexibility index (Phi) is 3.89. The number of hydrogen-bond acceptors (Lipinski definition) is 2. The van der Waals surface area contributed by atoms with Crippen molar-refractivity contribution in [3.8, 4) is 0 Å². The van der Waals surface area contributed by atoms with Crippen molar-refractivity contribution in [3.63, 3.8) is 0 Å². The lowest BCUT2D eigenvalue weighted by Gasteiger charge is -2.23. The normalized spacial score (nSPS) is 10.5. The van der Waals surface area contributed by atoms with Crippen LogP contribution in [0.3, 0.4) is 0 Å². The van der Waals surface area contributed by atoms with Gasteiger partial charge in [0.05, 0.1) is 0 Å². The minimum absolute atomic E-state index is 0.639. The van der Waals surface area contributed by atoms with E-state index >= 15 is 0 Å². The van der Waals surface area contributed by atoms with E-state index in [-0.39, 0.29) is 0 Å². The summed E-state index contributed by atoms with van der Waals surface area (Å²) in [7, 11) is 2.09. The molecule has 0 fully saturated rings. The summed E-state index contributed by atoms with van der Waals surface area (Å²) in [6, 6.07) is 5.81. The number of carbonyl (C=O) groups excluding carboxylic acids is 1. The summed E-state index contributed by atoms with van der Waals surface area (Å²) >= 11 is 0.